The molecular formula is C15H19N3O. The Morgan fingerprint density at radius 3 is 2.79 bits per heavy atom. The number of nitrogens with two attached hydrogens (primary N) is 1. The van der Waals surface area contributed by atoms with Crippen molar-refractivity contribution in [3.8, 4) is 0 Å². The maximum Gasteiger partial charge on any atom is 0.149 e. The van der Waals surface area contributed by atoms with Gasteiger partial charge in [-0.1, -0.05) is 24.3 Å². The molecule has 0 saturated heterocycles. The first-order valence-corrected chi connectivity index (χ1v) is 6.22. The molecule has 2 rings (SSSR count). The van der Waals surface area contributed by atoms with Crippen molar-refractivity contribution in [3.63, 3.8) is 0 Å². The maximum atomic E-state index is 5.92. The molecule has 0 spiro atoms. The van der Waals surface area contributed by atoms with E-state index in [9.17, 15) is 0 Å². The second-order valence-electron chi connectivity index (χ2n) is 4.56. The fraction of sp³-hybridized carbons (Fsp3) is 0.267. The van der Waals surface area contributed by atoms with Crippen LogP contribution in [-0.2, 0) is 17.9 Å². The fourth-order valence-electron chi connectivity index (χ4n) is 1.92. The van der Waals surface area contributed by atoms with Gasteiger partial charge in [0.05, 0.1) is 12.3 Å². The van der Waals surface area contributed by atoms with Crippen LogP contribution < -0.4 is 11.1 Å². The van der Waals surface area contributed by atoms with E-state index in [4.69, 9.17) is 10.5 Å². The molecule has 0 saturated carbocycles. The number of anilines is 2. The Balaban J connectivity index is 2.03. The Labute approximate surface area is 113 Å². The molecule has 4 heteroatoms. The van der Waals surface area contributed by atoms with Crippen LogP contribution in [0.1, 0.15) is 16.7 Å². The number of aromatic nitrogens is 1. The predicted molar refractivity (Wildman–Crippen MR) is 77.9 cm³/mol. The number of ether oxygens (including phenoxy) is 1. The Morgan fingerprint density at radius 2 is 2.05 bits per heavy atom. The maximum absolute atomic E-state index is 5.92. The van der Waals surface area contributed by atoms with Crippen LogP contribution in [0.2, 0.25) is 0 Å². The summed E-state index contributed by atoms with van der Waals surface area (Å²) >= 11 is 0. The third-order valence-corrected chi connectivity index (χ3v) is 2.82. The van der Waals surface area contributed by atoms with Gasteiger partial charge in [-0.25, -0.2) is 4.98 Å². The zero-order valence-electron chi connectivity index (χ0n) is 11.3. The second kappa shape index (κ2) is 6.20. The van der Waals surface area contributed by atoms with Crippen LogP contribution in [0.5, 0.6) is 0 Å². The van der Waals surface area contributed by atoms with Crippen LogP contribution in [0.4, 0.5) is 11.5 Å². The molecule has 19 heavy (non-hydrogen) atoms. The highest BCUT2D eigenvalue weighted by Crippen LogP contribution is 2.17. The zero-order valence-corrected chi connectivity index (χ0v) is 11.3. The Morgan fingerprint density at radius 1 is 1.26 bits per heavy atom. The van der Waals surface area contributed by atoms with Gasteiger partial charge in [-0.2, -0.15) is 0 Å². The number of nitrogens with zero attached hydrogens (tertiary/aromatic N) is 1. The highest BCUT2D eigenvalue weighted by molar-refractivity contribution is 5.61. The van der Waals surface area contributed by atoms with Crippen molar-refractivity contribution in [1.29, 1.82) is 0 Å². The molecular weight excluding hydrogens is 238 g/mol. The number of pyridine rings is 1. The molecule has 0 amide bonds. The van der Waals surface area contributed by atoms with E-state index in [1.807, 2.05) is 25.1 Å². The van der Waals surface area contributed by atoms with Crippen LogP contribution in [0.25, 0.3) is 0 Å². The number of nitrogen functional groups attached to an aromatic ring is 1. The van der Waals surface area contributed by atoms with Gasteiger partial charge < -0.3 is 15.8 Å². The lowest BCUT2D eigenvalue weighted by molar-refractivity contribution is 0.185. The lowest BCUT2D eigenvalue weighted by atomic mass is 10.1. The van der Waals surface area contributed by atoms with Gasteiger partial charge >= 0.3 is 0 Å². The fourth-order valence-corrected chi connectivity index (χ4v) is 1.92. The van der Waals surface area contributed by atoms with Crippen LogP contribution in [0.3, 0.4) is 0 Å². The summed E-state index contributed by atoms with van der Waals surface area (Å²) < 4.78 is 5.13. The van der Waals surface area contributed by atoms with E-state index < -0.39 is 0 Å². The summed E-state index contributed by atoms with van der Waals surface area (Å²) in [7, 11) is 1.70. The summed E-state index contributed by atoms with van der Waals surface area (Å²) in [5, 5.41) is 3.25. The van der Waals surface area contributed by atoms with Crippen molar-refractivity contribution in [2.75, 3.05) is 18.2 Å². The molecule has 0 aliphatic heterocycles. The molecule has 1 aromatic carbocycles. The molecule has 0 unspecified atom stereocenters. The first kappa shape index (κ1) is 13.4. The normalized spacial score (nSPS) is 10.4. The molecule has 0 aliphatic carbocycles. The minimum atomic E-state index is 0.624. The zero-order chi connectivity index (χ0) is 13.7. The molecule has 0 bridgehead atoms. The highest BCUT2D eigenvalue weighted by Gasteiger charge is 2.01. The molecule has 0 radical (unpaired) electrons. The smallest absolute Gasteiger partial charge is 0.149 e. The first-order chi connectivity index (χ1) is 9.19. The molecule has 0 fully saturated rings. The highest BCUT2D eigenvalue weighted by atomic mass is 16.5. The van der Waals surface area contributed by atoms with E-state index >= 15 is 0 Å². The van der Waals surface area contributed by atoms with Crippen LogP contribution in [0.15, 0.2) is 36.5 Å². The van der Waals surface area contributed by atoms with E-state index in [2.05, 4.69) is 22.4 Å². The Kier molecular flexibility index (Phi) is 4.36. The summed E-state index contributed by atoms with van der Waals surface area (Å²) in [6, 6.07) is 10.2. The van der Waals surface area contributed by atoms with E-state index in [-0.39, 0.29) is 0 Å². The molecule has 0 atom stereocenters. The van der Waals surface area contributed by atoms with Crippen molar-refractivity contribution < 1.29 is 4.74 Å². The lowest BCUT2D eigenvalue weighted by Crippen LogP contribution is -2.05. The van der Waals surface area contributed by atoms with Crippen LogP contribution in [0, 0.1) is 6.92 Å². The van der Waals surface area contributed by atoms with Crippen LogP contribution >= 0.6 is 0 Å². The number of hydrogen-bond donors (Lipinski definition) is 2. The number of nitrogens with one attached hydrogen (secondary N) is 1. The average molecular weight is 257 g/mol. The number of benzene rings is 1. The minimum Gasteiger partial charge on any atom is -0.396 e. The molecule has 4 nitrogen and oxygen atoms in total. The van der Waals surface area contributed by atoms with Gasteiger partial charge in [-0.3, -0.25) is 0 Å². The summed E-state index contributed by atoms with van der Waals surface area (Å²) in [6.07, 6.45) is 1.81. The standard InChI is InChI=1S/C15H19N3O/c1-11-6-14(16)15(17-8-11)18-9-12-4-3-5-13(7-12)10-19-2/h3-8H,9-10,16H2,1-2H3,(H,17,18). The van der Waals surface area contributed by atoms with Crippen molar-refractivity contribution in [2.45, 2.75) is 20.1 Å². The van der Waals surface area contributed by atoms with Gasteiger partial charge in [-0.05, 0) is 29.7 Å². The number of methoxy groups -OCH3 is 1. The first-order valence-electron chi connectivity index (χ1n) is 6.22. The predicted octanol–water partition coefficient (Wildman–Crippen LogP) is 2.73. The third-order valence-electron chi connectivity index (χ3n) is 2.82. The summed E-state index contributed by atoms with van der Waals surface area (Å²) in [4.78, 5) is 4.29. The monoisotopic (exact) mass is 257 g/mol. The van der Waals surface area contributed by atoms with E-state index in [1.165, 1.54) is 5.56 Å². The molecule has 100 valence electrons. The molecule has 3 N–H and O–H groups in total. The van der Waals surface area contributed by atoms with Gasteiger partial charge in [0.15, 0.2) is 0 Å². The van der Waals surface area contributed by atoms with Gasteiger partial charge in [-0.15, -0.1) is 0 Å². The van der Waals surface area contributed by atoms with Crippen LogP contribution in [-0.4, -0.2) is 12.1 Å². The van der Waals surface area contributed by atoms with Crippen molar-refractivity contribution in [1.82, 2.24) is 4.98 Å². The van der Waals surface area contributed by atoms with Crippen molar-refractivity contribution in [2.24, 2.45) is 0 Å². The van der Waals surface area contributed by atoms with Gasteiger partial charge in [0.25, 0.3) is 0 Å². The summed E-state index contributed by atoms with van der Waals surface area (Å²) in [5.74, 6) is 0.725. The largest absolute Gasteiger partial charge is 0.396 e. The minimum absolute atomic E-state index is 0.624. The molecule has 2 aromatic rings. The number of hydrogen-bond acceptors (Lipinski definition) is 4. The van der Waals surface area contributed by atoms with Crippen molar-refractivity contribution in [3.05, 3.63) is 53.2 Å². The topological polar surface area (TPSA) is 60.2 Å². The Hall–Kier alpha value is -2.07. The Bertz CT molecular complexity index is 555. The van der Waals surface area contributed by atoms with E-state index in [0.717, 1.165) is 16.9 Å². The number of rotatable bonds is 5. The lowest BCUT2D eigenvalue weighted by Gasteiger charge is -2.09. The van der Waals surface area contributed by atoms with Gasteiger partial charge in [0.1, 0.15) is 5.82 Å². The third kappa shape index (κ3) is 3.69. The van der Waals surface area contributed by atoms with Gasteiger partial charge in [0.2, 0.25) is 0 Å². The second-order valence-corrected chi connectivity index (χ2v) is 4.56. The summed E-state index contributed by atoms with van der Waals surface area (Å²) in [5.41, 5.74) is 9.99. The molecule has 1 aromatic heterocycles. The van der Waals surface area contributed by atoms with E-state index in [1.54, 1.807) is 13.3 Å². The van der Waals surface area contributed by atoms with E-state index in [0.29, 0.717) is 18.8 Å². The summed E-state index contributed by atoms with van der Waals surface area (Å²) in [6.45, 7) is 3.29. The van der Waals surface area contributed by atoms with Gasteiger partial charge in [0, 0.05) is 19.9 Å². The average Bonchev–Trinajstić information content (AvgIpc) is 2.38. The van der Waals surface area contributed by atoms with Crippen molar-refractivity contribution >= 4 is 11.5 Å². The SMILES string of the molecule is COCc1cccc(CNc2ncc(C)cc2N)c1. The molecule has 0 aliphatic rings. The number of aryl methyl sites for hydroxylation is 1. The molecule has 1 heterocycles. The quantitative estimate of drug-likeness (QED) is 0.864.